The van der Waals surface area contributed by atoms with Crippen molar-refractivity contribution < 1.29 is 9.72 Å². The van der Waals surface area contributed by atoms with Crippen LogP contribution in [0, 0.1) is 10.1 Å². The van der Waals surface area contributed by atoms with Crippen molar-refractivity contribution in [1.82, 2.24) is 20.3 Å². The average Bonchev–Trinajstić information content (AvgIpc) is 2.97. The number of aromatic nitrogens is 3. The lowest BCUT2D eigenvalue weighted by atomic mass is 10.1. The number of nitro groups is 1. The average molecular weight is 310 g/mol. The smallest absolute Gasteiger partial charge is 0.319 e. The molecule has 0 radical (unpaired) electrons. The first-order valence-electron chi connectivity index (χ1n) is 6.13. The van der Waals surface area contributed by atoms with Crippen LogP contribution in [0.25, 0.3) is 0 Å². The summed E-state index contributed by atoms with van der Waals surface area (Å²) in [6.45, 7) is 1.86. The fourth-order valence-electron chi connectivity index (χ4n) is 1.85. The van der Waals surface area contributed by atoms with Crippen molar-refractivity contribution in [3.63, 3.8) is 0 Å². The highest BCUT2D eigenvalue weighted by atomic mass is 35.5. The summed E-state index contributed by atoms with van der Waals surface area (Å²) < 4.78 is 0. The molecule has 0 bridgehead atoms. The topological polar surface area (TPSA) is 114 Å². The Kier molecular flexibility index (Phi) is 4.49. The molecule has 0 aliphatic carbocycles. The second-order valence-electron chi connectivity index (χ2n) is 4.16. The fraction of sp³-hybridized carbons (Fsp3) is 0.250. The van der Waals surface area contributed by atoms with Crippen LogP contribution in [0.2, 0.25) is 5.15 Å². The van der Waals surface area contributed by atoms with Gasteiger partial charge in [0.05, 0.1) is 11.0 Å². The van der Waals surface area contributed by atoms with E-state index in [0.29, 0.717) is 12.2 Å². The summed E-state index contributed by atoms with van der Waals surface area (Å²) in [5, 5.41) is 13.4. The molecule has 2 rings (SSSR count). The highest BCUT2D eigenvalue weighted by molar-refractivity contribution is 6.32. The minimum absolute atomic E-state index is 0.134. The van der Waals surface area contributed by atoms with E-state index in [2.05, 4.69) is 20.3 Å². The summed E-state index contributed by atoms with van der Waals surface area (Å²) in [6, 6.07) is 0.882. The Bertz CT molecular complexity index is 659. The van der Waals surface area contributed by atoms with Gasteiger partial charge in [0.2, 0.25) is 5.15 Å². The number of carbonyl (C=O) groups is 1. The molecule has 9 heteroatoms. The van der Waals surface area contributed by atoms with Gasteiger partial charge in [0.25, 0.3) is 5.91 Å². The Morgan fingerprint density at radius 1 is 1.52 bits per heavy atom. The summed E-state index contributed by atoms with van der Waals surface area (Å²) >= 11 is 5.69. The minimum Gasteiger partial charge on any atom is -0.347 e. The van der Waals surface area contributed by atoms with Gasteiger partial charge in [-0.1, -0.05) is 18.5 Å². The largest absolute Gasteiger partial charge is 0.347 e. The van der Waals surface area contributed by atoms with E-state index in [1.54, 1.807) is 12.4 Å². The van der Waals surface area contributed by atoms with Crippen molar-refractivity contribution >= 4 is 23.2 Å². The summed E-state index contributed by atoms with van der Waals surface area (Å²) in [5.41, 5.74) is -0.643. The third-order valence-electron chi connectivity index (χ3n) is 2.87. The Balaban J connectivity index is 2.29. The molecule has 0 aliphatic rings. The number of hydrogen-bond donors (Lipinski definition) is 2. The van der Waals surface area contributed by atoms with Crippen LogP contribution in [0.5, 0.6) is 0 Å². The van der Waals surface area contributed by atoms with Crippen LogP contribution in [0.3, 0.4) is 0 Å². The third-order valence-corrected chi connectivity index (χ3v) is 3.15. The zero-order chi connectivity index (χ0) is 15.4. The monoisotopic (exact) mass is 309 g/mol. The van der Waals surface area contributed by atoms with Gasteiger partial charge in [-0.05, 0) is 12.5 Å². The number of pyridine rings is 1. The molecule has 1 unspecified atom stereocenters. The summed E-state index contributed by atoms with van der Waals surface area (Å²) in [5.74, 6) is -0.0251. The Morgan fingerprint density at radius 3 is 2.86 bits per heavy atom. The normalized spacial score (nSPS) is 11.9. The summed E-state index contributed by atoms with van der Waals surface area (Å²) in [6.07, 6.45) is 5.02. The molecule has 2 heterocycles. The molecule has 0 spiro atoms. The maximum absolute atomic E-state index is 12.2. The van der Waals surface area contributed by atoms with Crippen molar-refractivity contribution in [2.45, 2.75) is 19.4 Å². The fourth-order valence-corrected chi connectivity index (χ4v) is 2.08. The van der Waals surface area contributed by atoms with Gasteiger partial charge in [0.1, 0.15) is 11.4 Å². The van der Waals surface area contributed by atoms with Crippen molar-refractivity contribution in [3.8, 4) is 0 Å². The number of H-pyrrole nitrogens is 1. The molecule has 8 nitrogen and oxygen atoms in total. The number of aromatic amines is 1. The lowest BCUT2D eigenvalue weighted by Gasteiger charge is -2.14. The van der Waals surface area contributed by atoms with E-state index >= 15 is 0 Å². The van der Waals surface area contributed by atoms with Crippen molar-refractivity contribution in [1.29, 1.82) is 0 Å². The minimum atomic E-state index is -0.724. The molecule has 2 aromatic rings. The Labute approximate surface area is 124 Å². The molecule has 2 aromatic heterocycles. The molecule has 110 valence electrons. The van der Waals surface area contributed by atoms with E-state index < -0.39 is 16.5 Å². The molecule has 0 saturated heterocycles. The van der Waals surface area contributed by atoms with Gasteiger partial charge < -0.3 is 10.3 Å². The maximum Gasteiger partial charge on any atom is 0.319 e. The van der Waals surface area contributed by atoms with Crippen LogP contribution in [0.15, 0.2) is 24.7 Å². The van der Waals surface area contributed by atoms with E-state index in [4.69, 9.17) is 11.6 Å². The van der Waals surface area contributed by atoms with Crippen molar-refractivity contribution in [3.05, 3.63) is 51.3 Å². The number of amides is 1. The maximum atomic E-state index is 12.2. The van der Waals surface area contributed by atoms with E-state index in [-0.39, 0.29) is 16.8 Å². The predicted octanol–water partition coefficient (Wildman–Crippen LogP) is 2.25. The second-order valence-corrected chi connectivity index (χ2v) is 4.52. The van der Waals surface area contributed by atoms with Crippen LogP contribution < -0.4 is 5.32 Å². The van der Waals surface area contributed by atoms with Gasteiger partial charge in [-0.2, -0.15) is 0 Å². The van der Waals surface area contributed by atoms with Gasteiger partial charge in [-0.25, -0.2) is 9.97 Å². The summed E-state index contributed by atoms with van der Waals surface area (Å²) in [4.78, 5) is 33.1. The number of rotatable bonds is 5. The number of nitrogens with one attached hydrogen (secondary N) is 2. The molecule has 1 amide bonds. The third kappa shape index (κ3) is 3.16. The SMILES string of the molecule is CCC(NC(=O)c1ccnc(Cl)c1[N+](=O)[O-])c1ncc[nH]1. The highest BCUT2D eigenvalue weighted by Gasteiger charge is 2.26. The van der Waals surface area contributed by atoms with Crippen LogP contribution in [-0.2, 0) is 0 Å². The first-order valence-corrected chi connectivity index (χ1v) is 6.51. The number of nitrogens with zero attached hydrogens (tertiary/aromatic N) is 3. The first kappa shape index (κ1) is 14.9. The Morgan fingerprint density at radius 2 is 2.29 bits per heavy atom. The first-order chi connectivity index (χ1) is 10.0. The summed E-state index contributed by atoms with van der Waals surface area (Å²) in [7, 11) is 0. The molecule has 0 fully saturated rings. The lowest BCUT2D eigenvalue weighted by molar-refractivity contribution is -0.385. The van der Waals surface area contributed by atoms with Crippen molar-refractivity contribution in [2.24, 2.45) is 0 Å². The molecular formula is C12H12ClN5O3. The molecule has 2 N–H and O–H groups in total. The predicted molar refractivity (Wildman–Crippen MR) is 75.0 cm³/mol. The number of hydrogen-bond acceptors (Lipinski definition) is 5. The van der Waals surface area contributed by atoms with Crippen LogP contribution in [0.4, 0.5) is 5.69 Å². The Hall–Kier alpha value is -2.48. The quantitative estimate of drug-likeness (QED) is 0.499. The molecule has 0 aromatic carbocycles. The molecular weight excluding hydrogens is 298 g/mol. The molecule has 21 heavy (non-hydrogen) atoms. The van der Waals surface area contributed by atoms with Gasteiger partial charge in [-0.15, -0.1) is 0 Å². The molecule has 0 saturated carbocycles. The van der Waals surface area contributed by atoms with E-state index in [9.17, 15) is 14.9 Å². The zero-order valence-electron chi connectivity index (χ0n) is 11.0. The van der Waals surface area contributed by atoms with Crippen LogP contribution in [-0.4, -0.2) is 25.8 Å². The molecule has 1 atom stereocenters. The zero-order valence-corrected chi connectivity index (χ0v) is 11.8. The van der Waals surface area contributed by atoms with Gasteiger partial charge in [0.15, 0.2) is 0 Å². The standard InChI is InChI=1S/C12H12ClN5O3/c1-2-8(11-15-5-6-16-11)17-12(19)7-3-4-14-10(13)9(7)18(20)21/h3-6,8H,2H2,1H3,(H,15,16)(H,17,19). The lowest BCUT2D eigenvalue weighted by Crippen LogP contribution is -2.29. The number of imidazole rings is 1. The number of halogens is 1. The second kappa shape index (κ2) is 6.31. The van der Waals surface area contributed by atoms with Crippen LogP contribution >= 0.6 is 11.6 Å². The molecule has 0 aliphatic heterocycles. The van der Waals surface area contributed by atoms with Gasteiger partial charge in [-0.3, -0.25) is 14.9 Å². The highest BCUT2D eigenvalue weighted by Crippen LogP contribution is 2.26. The number of carbonyl (C=O) groups excluding carboxylic acids is 1. The van der Waals surface area contributed by atoms with Crippen LogP contribution in [0.1, 0.15) is 35.6 Å². The van der Waals surface area contributed by atoms with Crippen molar-refractivity contribution in [2.75, 3.05) is 0 Å². The van der Waals surface area contributed by atoms with E-state index in [0.717, 1.165) is 0 Å². The van der Waals surface area contributed by atoms with Gasteiger partial charge >= 0.3 is 5.69 Å². The van der Waals surface area contributed by atoms with E-state index in [1.165, 1.54) is 12.3 Å². The van der Waals surface area contributed by atoms with E-state index in [1.807, 2.05) is 6.92 Å². The van der Waals surface area contributed by atoms with Gasteiger partial charge in [0, 0.05) is 18.6 Å².